The summed E-state index contributed by atoms with van der Waals surface area (Å²) in [5.41, 5.74) is 0. The average Bonchev–Trinajstić information content (AvgIpc) is 2.38. The first-order chi connectivity index (χ1) is 9.43. The number of hydrogen-bond acceptors (Lipinski definition) is 4. The highest BCUT2D eigenvalue weighted by Gasteiger charge is 2.27. The van der Waals surface area contributed by atoms with Gasteiger partial charge in [0.25, 0.3) is 0 Å². The Labute approximate surface area is 123 Å². The van der Waals surface area contributed by atoms with Gasteiger partial charge in [-0.3, -0.25) is 4.79 Å². The van der Waals surface area contributed by atoms with Crippen LogP contribution in [0.5, 0.6) is 0 Å². The lowest BCUT2D eigenvalue weighted by atomic mass is 9.80. The molecule has 0 aromatic carbocycles. The number of carbonyl (C=O) groups is 1. The molecule has 4 atom stereocenters. The largest absolute Gasteiger partial charge is 0.465 e. The van der Waals surface area contributed by atoms with Gasteiger partial charge in [0.1, 0.15) is 6.04 Å². The third-order valence-corrected chi connectivity index (χ3v) is 4.15. The van der Waals surface area contributed by atoms with Gasteiger partial charge < -0.3 is 14.8 Å². The molecule has 1 rings (SSSR count). The number of esters is 1. The van der Waals surface area contributed by atoms with E-state index in [1.807, 2.05) is 20.8 Å². The third-order valence-electron chi connectivity index (χ3n) is 4.15. The van der Waals surface area contributed by atoms with Gasteiger partial charge >= 0.3 is 5.97 Å². The minimum absolute atomic E-state index is 0.210. The van der Waals surface area contributed by atoms with Gasteiger partial charge in [-0.1, -0.05) is 27.7 Å². The maximum atomic E-state index is 11.9. The van der Waals surface area contributed by atoms with E-state index in [9.17, 15) is 4.79 Å². The summed E-state index contributed by atoms with van der Waals surface area (Å²) < 4.78 is 11.1. The van der Waals surface area contributed by atoms with Crippen molar-refractivity contribution in [2.75, 3.05) is 13.2 Å². The number of ether oxygens (including phenoxy) is 2. The van der Waals surface area contributed by atoms with Crippen LogP contribution in [0, 0.1) is 11.8 Å². The van der Waals surface area contributed by atoms with Gasteiger partial charge in [0.15, 0.2) is 0 Å². The van der Waals surface area contributed by atoms with Crippen molar-refractivity contribution in [3.8, 4) is 0 Å². The molecular formula is C16H31NO3. The fraction of sp³-hybridized carbons (Fsp3) is 0.938. The molecule has 4 nitrogen and oxygen atoms in total. The molecule has 0 heterocycles. The van der Waals surface area contributed by atoms with Crippen LogP contribution in [0.3, 0.4) is 0 Å². The van der Waals surface area contributed by atoms with Crippen molar-refractivity contribution in [2.45, 2.75) is 72.1 Å². The van der Waals surface area contributed by atoms with Crippen molar-refractivity contribution >= 4 is 5.97 Å². The van der Waals surface area contributed by atoms with Crippen molar-refractivity contribution in [2.24, 2.45) is 11.8 Å². The van der Waals surface area contributed by atoms with Crippen LogP contribution in [0.1, 0.15) is 53.9 Å². The lowest BCUT2D eigenvalue weighted by molar-refractivity contribution is -0.148. The Kier molecular flexibility index (Phi) is 7.52. The van der Waals surface area contributed by atoms with Crippen LogP contribution in [-0.4, -0.2) is 37.4 Å². The Hall–Kier alpha value is -0.610. The molecule has 0 bridgehead atoms. The zero-order chi connectivity index (χ0) is 15.1. The van der Waals surface area contributed by atoms with Gasteiger partial charge in [0, 0.05) is 6.04 Å². The lowest BCUT2D eigenvalue weighted by Crippen LogP contribution is -2.46. The number of nitrogens with one attached hydrogen (secondary N) is 1. The summed E-state index contributed by atoms with van der Waals surface area (Å²) in [5, 5.41) is 3.22. The molecule has 118 valence electrons. The highest BCUT2D eigenvalue weighted by atomic mass is 16.5. The Balaban J connectivity index is 2.43. The molecule has 20 heavy (non-hydrogen) atoms. The van der Waals surface area contributed by atoms with E-state index in [1.165, 1.54) is 6.42 Å². The van der Waals surface area contributed by atoms with Gasteiger partial charge in [-0.15, -0.1) is 0 Å². The van der Waals surface area contributed by atoms with Gasteiger partial charge in [-0.2, -0.15) is 0 Å². The van der Waals surface area contributed by atoms with Gasteiger partial charge in [-0.25, -0.2) is 0 Å². The van der Waals surface area contributed by atoms with E-state index in [0.717, 1.165) is 18.8 Å². The highest BCUT2D eigenvalue weighted by Crippen LogP contribution is 2.30. The predicted molar refractivity (Wildman–Crippen MR) is 80.6 cm³/mol. The van der Waals surface area contributed by atoms with E-state index in [4.69, 9.17) is 9.47 Å². The average molecular weight is 285 g/mol. The second-order valence-electron chi connectivity index (χ2n) is 6.35. The predicted octanol–water partition coefficient (Wildman–Crippen LogP) is 2.76. The topological polar surface area (TPSA) is 47.6 Å². The molecule has 0 aliphatic heterocycles. The molecule has 0 saturated heterocycles. The fourth-order valence-electron chi connectivity index (χ4n) is 2.71. The maximum absolute atomic E-state index is 11.9. The first kappa shape index (κ1) is 17.4. The minimum atomic E-state index is -0.357. The van der Waals surface area contributed by atoms with Crippen molar-refractivity contribution in [1.29, 1.82) is 0 Å². The van der Waals surface area contributed by atoms with E-state index in [-0.39, 0.29) is 24.2 Å². The zero-order valence-electron chi connectivity index (χ0n) is 13.6. The fourth-order valence-corrected chi connectivity index (χ4v) is 2.71. The lowest BCUT2D eigenvalue weighted by Gasteiger charge is -2.33. The first-order valence-electron chi connectivity index (χ1n) is 7.98. The van der Waals surface area contributed by atoms with Crippen LogP contribution in [0.4, 0.5) is 0 Å². The zero-order valence-corrected chi connectivity index (χ0v) is 13.6. The summed E-state index contributed by atoms with van der Waals surface area (Å²) in [4.78, 5) is 11.9. The number of hydrogen-bond donors (Lipinski definition) is 1. The quantitative estimate of drug-likeness (QED) is 0.731. The van der Waals surface area contributed by atoms with Gasteiger partial charge in [0.05, 0.1) is 19.3 Å². The second-order valence-corrected chi connectivity index (χ2v) is 6.35. The van der Waals surface area contributed by atoms with Gasteiger partial charge in [0.2, 0.25) is 0 Å². The molecule has 4 unspecified atom stereocenters. The molecule has 1 aliphatic carbocycles. The maximum Gasteiger partial charge on any atom is 0.325 e. The first-order valence-corrected chi connectivity index (χ1v) is 7.98. The summed E-state index contributed by atoms with van der Waals surface area (Å²) in [6.07, 6.45) is 3.70. The summed E-state index contributed by atoms with van der Waals surface area (Å²) >= 11 is 0. The van der Waals surface area contributed by atoms with E-state index < -0.39 is 0 Å². The molecule has 1 aliphatic rings. The second kappa shape index (κ2) is 8.63. The third kappa shape index (κ3) is 5.80. The molecule has 0 spiro atoms. The van der Waals surface area contributed by atoms with E-state index in [2.05, 4.69) is 19.2 Å². The molecule has 1 fully saturated rings. The molecule has 0 amide bonds. The molecule has 0 radical (unpaired) electrons. The van der Waals surface area contributed by atoms with Crippen molar-refractivity contribution in [1.82, 2.24) is 5.32 Å². The normalized spacial score (nSPS) is 28.4. The summed E-state index contributed by atoms with van der Waals surface area (Å²) in [6, 6.07) is -0.122. The Morgan fingerprint density at radius 3 is 2.50 bits per heavy atom. The summed E-state index contributed by atoms with van der Waals surface area (Å²) in [5.74, 6) is 1.27. The minimum Gasteiger partial charge on any atom is -0.465 e. The van der Waals surface area contributed by atoms with Crippen LogP contribution >= 0.6 is 0 Å². The van der Waals surface area contributed by atoms with Crippen LogP contribution in [0.2, 0.25) is 0 Å². The Bertz CT molecular complexity index is 293. The standard InChI is InChI=1S/C16H31NO3/c1-6-19-16(18)15(17-11(2)3)10-20-14-8-7-12(4)13(5)9-14/h11-15,17H,6-10H2,1-5H3. The van der Waals surface area contributed by atoms with Crippen molar-refractivity contribution in [3.63, 3.8) is 0 Å². The Morgan fingerprint density at radius 1 is 1.25 bits per heavy atom. The molecule has 1 saturated carbocycles. The highest BCUT2D eigenvalue weighted by molar-refractivity contribution is 5.75. The molecular weight excluding hydrogens is 254 g/mol. The number of rotatable bonds is 7. The molecule has 0 aromatic rings. The monoisotopic (exact) mass is 285 g/mol. The van der Waals surface area contributed by atoms with E-state index in [0.29, 0.717) is 19.1 Å². The molecule has 0 aromatic heterocycles. The Morgan fingerprint density at radius 2 is 1.95 bits per heavy atom. The van der Waals surface area contributed by atoms with E-state index >= 15 is 0 Å². The summed E-state index contributed by atoms with van der Waals surface area (Å²) in [7, 11) is 0. The number of carbonyl (C=O) groups excluding carboxylic acids is 1. The SMILES string of the molecule is CCOC(=O)C(COC1CCC(C)C(C)C1)NC(C)C. The molecule has 1 N–H and O–H groups in total. The van der Waals surface area contributed by atoms with Crippen LogP contribution in [0.15, 0.2) is 0 Å². The summed E-state index contributed by atoms with van der Waals surface area (Å²) in [6.45, 7) is 11.3. The van der Waals surface area contributed by atoms with Crippen LogP contribution < -0.4 is 5.32 Å². The smallest absolute Gasteiger partial charge is 0.325 e. The van der Waals surface area contributed by atoms with Crippen LogP contribution in [-0.2, 0) is 14.3 Å². The van der Waals surface area contributed by atoms with Gasteiger partial charge in [-0.05, 0) is 38.0 Å². The molecule has 4 heteroatoms. The van der Waals surface area contributed by atoms with Crippen LogP contribution in [0.25, 0.3) is 0 Å². The van der Waals surface area contributed by atoms with E-state index in [1.54, 1.807) is 0 Å². The van der Waals surface area contributed by atoms with Crippen molar-refractivity contribution in [3.05, 3.63) is 0 Å². The van der Waals surface area contributed by atoms with Crippen molar-refractivity contribution < 1.29 is 14.3 Å².